The van der Waals surface area contributed by atoms with Crippen molar-refractivity contribution in [3.05, 3.63) is 0 Å². The molecule has 0 saturated carbocycles. The van der Waals surface area contributed by atoms with Gasteiger partial charge in [0.25, 0.3) is 0 Å². The van der Waals surface area contributed by atoms with Crippen LogP contribution in [0.4, 0.5) is 0 Å². The first-order valence-corrected chi connectivity index (χ1v) is 4.51. The second-order valence-electron chi connectivity index (χ2n) is 2.96. The van der Waals surface area contributed by atoms with Gasteiger partial charge in [-0.2, -0.15) is 0 Å². The van der Waals surface area contributed by atoms with Crippen molar-refractivity contribution in [1.82, 2.24) is 0 Å². The first-order chi connectivity index (χ1) is 6.61. The highest BCUT2D eigenvalue weighted by Crippen LogP contribution is 2.29. The summed E-state index contributed by atoms with van der Waals surface area (Å²) < 4.78 is 14.0. The van der Waals surface area contributed by atoms with Gasteiger partial charge in [0.15, 0.2) is 6.10 Å². The zero-order valence-electron chi connectivity index (χ0n) is 6.77. The van der Waals surface area contributed by atoms with E-state index in [2.05, 4.69) is 4.18 Å². The lowest BCUT2D eigenvalue weighted by atomic mass is 9.99. The normalized spacial score (nSPS) is 48.2. The Morgan fingerprint density at radius 2 is 1.86 bits per heavy atom. The molecule has 8 heteroatoms. The number of carbonyl (C=O) groups excluding carboxylic acids is 1. The van der Waals surface area contributed by atoms with Crippen molar-refractivity contribution >= 4 is 18.3 Å². The topological polar surface area (TPSA) is 105 Å². The van der Waals surface area contributed by atoms with E-state index in [0.717, 1.165) is 0 Å². The van der Waals surface area contributed by atoms with Gasteiger partial charge in [0.1, 0.15) is 18.3 Å². The van der Waals surface area contributed by atoms with Crippen LogP contribution in [0.2, 0.25) is 0 Å². The lowest BCUT2D eigenvalue weighted by Gasteiger charge is -2.35. The molecule has 2 heterocycles. The molecule has 0 aromatic rings. The molecule has 0 unspecified atom stereocenters. The summed E-state index contributed by atoms with van der Waals surface area (Å²) in [5.74, 6) is -0.851. The summed E-state index contributed by atoms with van der Waals surface area (Å²) in [5, 5.41) is 28.0. The molecular formula is C6H8O7S. The molecule has 2 bridgehead atoms. The van der Waals surface area contributed by atoms with Crippen LogP contribution < -0.4 is 0 Å². The molecule has 3 N–H and O–H groups in total. The Morgan fingerprint density at radius 3 is 2.57 bits per heavy atom. The van der Waals surface area contributed by atoms with Crippen LogP contribution in [0.25, 0.3) is 0 Å². The first-order valence-electron chi connectivity index (χ1n) is 3.85. The van der Waals surface area contributed by atoms with Gasteiger partial charge in [-0.05, 0) is 0 Å². The molecular weight excluding hydrogens is 216 g/mol. The van der Waals surface area contributed by atoms with E-state index in [1.54, 1.807) is 0 Å². The molecule has 5 atom stereocenters. The number of hydrogen-bond donors (Lipinski definition) is 3. The Labute approximate surface area is 83.0 Å². The second-order valence-corrected chi connectivity index (χ2v) is 3.46. The average molecular weight is 224 g/mol. The minimum atomic E-state index is -1.52. The van der Waals surface area contributed by atoms with Crippen molar-refractivity contribution in [3.8, 4) is 0 Å². The van der Waals surface area contributed by atoms with E-state index in [-0.39, 0.29) is 0 Å². The summed E-state index contributed by atoms with van der Waals surface area (Å²) in [4.78, 5) is 11.1. The predicted octanol–water partition coefficient (Wildman–Crippen LogP) is -2.07. The highest BCUT2D eigenvalue weighted by Gasteiger charge is 2.50. The predicted molar refractivity (Wildman–Crippen MR) is 41.4 cm³/mol. The van der Waals surface area contributed by atoms with Crippen molar-refractivity contribution in [1.29, 1.82) is 0 Å². The number of ether oxygens (including phenoxy) is 1. The summed E-state index contributed by atoms with van der Waals surface area (Å²) in [6, 6.07) is 0. The van der Waals surface area contributed by atoms with Crippen LogP contribution in [0.3, 0.4) is 0 Å². The number of aliphatic hydroxyl groups excluding tert-OH is 3. The summed E-state index contributed by atoms with van der Waals surface area (Å²) in [5.41, 5.74) is 0. The smallest absolute Gasteiger partial charge is 0.352 e. The SMILES string of the molecule is O=C1OSO[C@@H]2O[C@H]1[C@@H](O)[C@H](O)[C@H]2O. The van der Waals surface area contributed by atoms with Crippen LogP contribution in [-0.2, 0) is 17.9 Å². The lowest BCUT2D eigenvalue weighted by molar-refractivity contribution is -0.261. The van der Waals surface area contributed by atoms with Crippen molar-refractivity contribution in [2.45, 2.75) is 30.7 Å². The summed E-state index contributed by atoms with van der Waals surface area (Å²) in [6.07, 6.45) is -6.94. The van der Waals surface area contributed by atoms with Gasteiger partial charge in [-0.25, -0.2) is 8.98 Å². The molecule has 2 saturated heterocycles. The standard InChI is InChI=1S/C6H8O7S/c7-1-2(8)4-5(10)12-14-13-6(11-4)3(1)9/h1-4,6-9H/t1-,2-,3+,4-,6-/m0/s1. The summed E-state index contributed by atoms with van der Waals surface area (Å²) >= 11 is 0.351. The minimum absolute atomic E-state index is 0.351. The van der Waals surface area contributed by atoms with E-state index in [1.807, 2.05) is 0 Å². The van der Waals surface area contributed by atoms with E-state index in [0.29, 0.717) is 12.3 Å². The molecule has 7 nitrogen and oxygen atoms in total. The Bertz CT molecular complexity index is 246. The maximum absolute atomic E-state index is 11.1. The number of carbonyl (C=O) groups is 1. The maximum atomic E-state index is 11.1. The van der Waals surface area contributed by atoms with Crippen LogP contribution in [-0.4, -0.2) is 52.0 Å². The van der Waals surface area contributed by atoms with Gasteiger partial charge < -0.3 is 24.2 Å². The van der Waals surface area contributed by atoms with Gasteiger partial charge in [0.05, 0.1) is 0 Å². The highest BCUT2D eigenvalue weighted by molar-refractivity contribution is 7.90. The molecule has 80 valence electrons. The number of aliphatic hydroxyl groups is 3. The van der Waals surface area contributed by atoms with E-state index in [9.17, 15) is 20.1 Å². The third kappa shape index (κ3) is 1.49. The molecule has 2 rings (SSSR count). The summed E-state index contributed by atoms with van der Waals surface area (Å²) in [6.45, 7) is 0. The first kappa shape index (κ1) is 10.1. The fourth-order valence-corrected chi connectivity index (χ4v) is 1.70. The monoisotopic (exact) mass is 224 g/mol. The number of rotatable bonds is 0. The lowest BCUT2D eigenvalue weighted by Crippen LogP contribution is -2.59. The molecule has 0 aromatic heterocycles. The zero-order valence-corrected chi connectivity index (χ0v) is 7.59. The summed E-state index contributed by atoms with van der Waals surface area (Å²) in [7, 11) is 0. The molecule has 0 radical (unpaired) electrons. The van der Waals surface area contributed by atoms with Gasteiger partial charge in [0.2, 0.25) is 18.6 Å². The van der Waals surface area contributed by atoms with E-state index in [4.69, 9.17) is 8.92 Å². The van der Waals surface area contributed by atoms with Crippen LogP contribution in [0.15, 0.2) is 0 Å². The largest absolute Gasteiger partial charge is 0.387 e. The molecule has 0 amide bonds. The zero-order chi connectivity index (χ0) is 10.3. The van der Waals surface area contributed by atoms with Crippen molar-refractivity contribution in [3.63, 3.8) is 0 Å². The van der Waals surface area contributed by atoms with Gasteiger partial charge >= 0.3 is 5.97 Å². The van der Waals surface area contributed by atoms with E-state index < -0.39 is 36.7 Å². The number of fused-ring (bicyclic) bond motifs is 2. The molecule has 2 fully saturated rings. The van der Waals surface area contributed by atoms with Gasteiger partial charge in [-0.1, -0.05) is 0 Å². The average Bonchev–Trinajstić information content (AvgIpc) is 2.34. The quantitative estimate of drug-likeness (QED) is 0.403. The maximum Gasteiger partial charge on any atom is 0.352 e. The number of hydrogen-bond acceptors (Lipinski definition) is 8. The Kier molecular flexibility index (Phi) is 2.64. The van der Waals surface area contributed by atoms with Crippen molar-refractivity contribution in [2.24, 2.45) is 0 Å². The molecule has 0 aromatic carbocycles. The van der Waals surface area contributed by atoms with E-state index in [1.165, 1.54) is 0 Å². The Hall–Kier alpha value is -0.380. The molecule has 2 aliphatic heterocycles. The van der Waals surface area contributed by atoms with Crippen LogP contribution >= 0.6 is 12.3 Å². The fourth-order valence-electron chi connectivity index (χ4n) is 1.26. The van der Waals surface area contributed by atoms with Gasteiger partial charge in [-0.3, -0.25) is 0 Å². The third-order valence-corrected chi connectivity index (χ3v) is 2.55. The van der Waals surface area contributed by atoms with Crippen molar-refractivity contribution in [2.75, 3.05) is 0 Å². The van der Waals surface area contributed by atoms with Gasteiger partial charge in [-0.15, -0.1) is 0 Å². The van der Waals surface area contributed by atoms with Gasteiger partial charge in [0, 0.05) is 0 Å². The van der Waals surface area contributed by atoms with Crippen molar-refractivity contribution < 1.29 is 33.2 Å². The Morgan fingerprint density at radius 1 is 1.14 bits per heavy atom. The molecule has 2 aliphatic rings. The second kappa shape index (κ2) is 3.65. The van der Waals surface area contributed by atoms with Crippen LogP contribution in [0.1, 0.15) is 0 Å². The Balaban J connectivity index is 2.23. The molecule has 14 heavy (non-hydrogen) atoms. The molecule has 0 spiro atoms. The third-order valence-electron chi connectivity index (χ3n) is 2.05. The minimum Gasteiger partial charge on any atom is -0.387 e. The molecule has 0 aliphatic carbocycles. The van der Waals surface area contributed by atoms with Crippen LogP contribution in [0, 0.1) is 0 Å². The van der Waals surface area contributed by atoms with Crippen LogP contribution in [0.5, 0.6) is 0 Å². The highest BCUT2D eigenvalue weighted by atomic mass is 32.2. The van der Waals surface area contributed by atoms with E-state index >= 15 is 0 Å². The fraction of sp³-hybridized carbons (Fsp3) is 0.833.